The fourth-order valence-electron chi connectivity index (χ4n) is 4.13. The summed E-state index contributed by atoms with van der Waals surface area (Å²) in [5, 5.41) is 7.04. The second-order valence-electron chi connectivity index (χ2n) is 8.45. The standard InChI is InChI=1S/C24H43N5O/c1-25-24(26-16-10-6-5-7-11-17-28(2)3)27-20-22(29-18-12-13-19-29)21-14-8-9-15-23(21)30-4/h8-9,14-15,22H,5-7,10-13,16-20H2,1-4H3,(H2,25,26,27). The number of hydrogen-bond donors (Lipinski definition) is 2. The van der Waals surface area contributed by atoms with E-state index < -0.39 is 0 Å². The highest BCUT2D eigenvalue weighted by molar-refractivity contribution is 5.79. The van der Waals surface area contributed by atoms with Crippen molar-refractivity contribution in [3.8, 4) is 5.75 Å². The molecule has 30 heavy (non-hydrogen) atoms. The summed E-state index contributed by atoms with van der Waals surface area (Å²) < 4.78 is 5.65. The van der Waals surface area contributed by atoms with E-state index in [0.717, 1.165) is 37.9 Å². The van der Waals surface area contributed by atoms with Crippen molar-refractivity contribution in [1.82, 2.24) is 20.4 Å². The first kappa shape index (κ1) is 24.5. The molecule has 1 heterocycles. The molecule has 1 aromatic rings. The second kappa shape index (κ2) is 14.3. The Morgan fingerprint density at radius 3 is 2.47 bits per heavy atom. The van der Waals surface area contributed by atoms with E-state index in [1.165, 1.54) is 57.1 Å². The largest absolute Gasteiger partial charge is 0.496 e. The Bertz CT molecular complexity index is 613. The van der Waals surface area contributed by atoms with Crippen LogP contribution in [0.25, 0.3) is 0 Å². The highest BCUT2D eigenvalue weighted by Crippen LogP contribution is 2.31. The second-order valence-corrected chi connectivity index (χ2v) is 8.45. The first-order valence-corrected chi connectivity index (χ1v) is 11.6. The molecule has 0 radical (unpaired) electrons. The molecular weight excluding hydrogens is 374 g/mol. The smallest absolute Gasteiger partial charge is 0.191 e. The molecule has 0 spiro atoms. The maximum atomic E-state index is 5.65. The molecule has 1 aliphatic heterocycles. The van der Waals surface area contributed by atoms with Crippen molar-refractivity contribution >= 4 is 5.96 Å². The van der Waals surface area contributed by atoms with Gasteiger partial charge in [-0.25, -0.2) is 0 Å². The number of guanidine groups is 1. The summed E-state index contributed by atoms with van der Waals surface area (Å²) in [5.41, 5.74) is 1.25. The summed E-state index contributed by atoms with van der Waals surface area (Å²) in [6.45, 7) is 5.27. The average molecular weight is 418 g/mol. The monoisotopic (exact) mass is 417 g/mol. The first-order chi connectivity index (χ1) is 14.7. The Labute approximate surface area is 184 Å². The van der Waals surface area contributed by atoms with Crippen molar-refractivity contribution < 1.29 is 4.74 Å². The predicted octanol–water partition coefficient (Wildman–Crippen LogP) is 3.51. The van der Waals surface area contributed by atoms with E-state index in [2.05, 4.69) is 57.7 Å². The number of unbranched alkanes of at least 4 members (excludes halogenated alkanes) is 4. The number of rotatable bonds is 13. The molecule has 6 heteroatoms. The van der Waals surface area contributed by atoms with Gasteiger partial charge in [-0.2, -0.15) is 0 Å². The number of nitrogens with zero attached hydrogens (tertiary/aromatic N) is 3. The van der Waals surface area contributed by atoms with Gasteiger partial charge in [-0.3, -0.25) is 9.89 Å². The molecule has 0 aliphatic carbocycles. The van der Waals surface area contributed by atoms with Gasteiger partial charge < -0.3 is 20.3 Å². The lowest BCUT2D eigenvalue weighted by Gasteiger charge is -2.30. The lowest BCUT2D eigenvalue weighted by Crippen LogP contribution is -2.43. The lowest BCUT2D eigenvalue weighted by molar-refractivity contribution is 0.239. The molecule has 1 saturated heterocycles. The van der Waals surface area contributed by atoms with Crippen LogP contribution in [0, 0.1) is 0 Å². The van der Waals surface area contributed by atoms with Crippen molar-refractivity contribution in [3.05, 3.63) is 29.8 Å². The summed E-state index contributed by atoms with van der Waals surface area (Å²) in [7, 11) is 7.90. The molecule has 0 bridgehead atoms. The van der Waals surface area contributed by atoms with Gasteiger partial charge in [0.25, 0.3) is 0 Å². The SMILES string of the molecule is CN=C(NCCCCCCCN(C)C)NCC(c1ccccc1OC)N1CCCC1. The van der Waals surface area contributed by atoms with Gasteiger partial charge in [0.2, 0.25) is 0 Å². The molecular formula is C24H43N5O. The zero-order valence-electron chi connectivity index (χ0n) is 19.6. The Balaban J connectivity index is 1.78. The number of likely N-dealkylation sites (tertiary alicyclic amines) is 1. The third-order valence-corrected chi connectivity index (χ3v) is 5.84. The average Bonchev–Trinajstić information content (AvgIpc) is 3.29. The maximum Gasteiger partial charge on any atom is 0.191 e. The maximum absolute atomic E-state index is 5.65. The van der Waals surface area contributed by atoms with Gasteiger partial charge in [0, 0.05) is 25.7 Å². The minimum atomic E-state index is 0.291. The van der Waals surface area contributed by atoms with Gasteiger partial charge in [-0.05, 0) is 65.5 Å². The van der Waals surface area contributed by atoms with E-state index in [9.17, 15) is 0 Å². The van der Waals surface area contributed by atoms with Crippen molar-refractivity contribution in [1.29, 1.82) is 0 Å². The van der Waals surface area contributed by atoms with Gasteiger partial charge >= 0.3 is 0 Å². The fourth-order valence-corrected chi connectivity index (χ4v) is 4.13. The van der Waals surface area contributed by atoms with Crippen LogP contribution in [0.3, 0.4) is 0 Å². The molecule has 1 aromatic carbocycles. The number of para-hydroxylation sites is 1. The van der Waals surface area contributed by atoms with Crippen LogP contribution in [-0.4, -0.2) is 76.7 Å². The van der Waals surface area contributed by atoms with Gasteiger partial charge in [0.05, 0.1) is 13.2 Å². The van der Waals surface area contributed by atoms with Gasteiger partial charge in [0.15, 0.2) is 5.96 Å². The normalized spacial score (nSPS) is 16.1. The predicted molar refractivity (Wildman–Crippen MR) is 128 cm³/mol. The number of methoxy groups -OCH3 is 1. The fraction of sp³-hybridized carbons (Fsp3) is 0.708. The van der Waals surface area contributed by atoms with E-state index in [0.29, 0.717) is 6.04 Å². The third-order valence-electron chi connectivity index (χ3n) is 5.84. The zero-order chi connectivity index (χ0) is 21.6. The van der Waals surface area contributed by atoms with Crippen molar-refractivity contribution in [3.63, 3.8) is 0 Å². The van der Waals surface area contributed by atoms with E-state index >= 15 is 0 Å². The highest BCUT2D eigenvalue weighted by Gasteiger charge is 2.25. The number of benzene rings is 1. The quantitative estimate of drug-likeness (QED) is 0.292. The molecule has 2 N–H and O–H groups in total. The minimum Gasteiger partial charge on any atom is -0.496 e. The van der Waals surface area contributed by atoms with E-state index in [1.807, 2.05) is 13.1 Å². The number of hydrogen-bond acceptors (Lipinski definition) is 4. The molecule has 0 aromatic heterocycles. The first-order valence-electron chi connectivity index (χ1n) is 11.6. The molecule has 1 unspecified atom stereocenters. The molecule has 170 valence electrons. The van der Waals surface area contributed by atoms with Crippen LogP contribution < -0.4 is 15.4 Å². The van der Waals surface area contributed by atoms with E-state index in [-0.39, 0.29) is 0 Å². The van der Waals surface area contributed by atoms with Crippen LogP contribution in [0.15, 0.2) is 29.3 Å². The molecule has 1 atom stereocenters. The van der Waals surface area contributed by atoms with Crippen molar-refractivity contribution in [2.75, 3.05) is 61.0 Å². The van der Waals surface area contributed by atoms with Gasteiger partial charge in [-0.15, -0.1) is 0 Å². The lowest BCUT2D eigenvalue weighted by atomic mass is 10.0. The summed E-state index contributed by atoms with van der Waals surface area (Å²) in [5.74, 6) is 1.86. The topological polar surface area (TPSA) is 52.1 Å². The minimum absolute atomic E-state index is 0.291. The van der Waals surface area contributed by atoms with Gasteiger partial charge in [0.1, 0.15) is 5.75 Å². The summed E-state index contributed by atoms with van der Waals surface area (Å²) in [6, 6.07) is 8.68. The number of nitrogens with one attached hydrogen (secondary N) is 2. The number of ether oxygens (including phenoxy) is 1. The summed E-state index contributed by atoms with van der Waals surface area (Å²) >= 11 is 0. The summed E-state index contributed by atoms with van der Waals surface area (Å²) in [4.78, 5) is 9.25. The van der Waals surface area contributed by atoms with E-state index in [1.54, 1.807) is 7.11 Å². The number of aliphatic imine (C=N–C) groups is 1. The molecule has 1 aliphatic rings. The van der Waals surface area contributed by atoms with Crippen LogP contribution in [0.2, 0.25) is 0 Å². The Kier molecular flexibility index (Phi) is 11.6. The Morgan fingerprint density at radius 2 is 1.77 bits per heavy atom. The zero-order valence-corrected chi connectivity index (χ0v) is 19.6. The van der Waals surface area contributed by atoms with Crippen LogP contribution in [0.1, 0.15) is 56.6 Å². The van der Waals surface area contributed by atoms with Crippen LogP contribution in [-0.2, 0) is 0 Å². The molecule has 0 saturated carbocycles. The Hall–Kier alpha value is -1.79. The highest BCUT2D eigenvalue weighted by atomic mass is 16.5. The molecule has 2 rings (SSSR count). The van der Waals surface area contributed by atoms with E-state index in [4.69, 9.17) is 4.74 Å². The van der Waals surface area contributed by atoms with Crippen molar-refractivity contribution in [2.45, 2.75) is 51.0 Å². The van der Waals surface area contributed by atoms with Crippen LogP contribution >= 0.6 is 0 Å². The molecule has 0 amide bonds. The van der Waals surface area contributed by atoms with Crippen LogP contribution in [0.5, 0.6) is 5.75 Å². The van der Waals surface area contributed by atoms with Crippen LogP contribution in [0.4, 0.5) is 0 Å². The van der Waals surface area contributed by atoms with Crippen molar-refractivity contribution in [2.24, 2.45) is 4.99 Å². The van der Waals surface area contributed by atoms with Gasteiger partial charge in [-0.1, -0.05) is 37.5 Å². The third kappa shape index (κ3) is 8.52. The molecule has 6 nitrogen and oxygen atoms in total. The summed E-state index contributed by atoms with van der Waals surface area (Å²) in [6.07, 6.45) is 8.93. The Morgan fingerprint density at radius 1 is 1.07 bits per heavy atom. The molecule has 1 fully saturated rings.